The number of benzene rings is 2. The Labute approximate surface area is 251 Å². The summed E-state index contributed by atoms with van der Waals surface area (Å²) >= 11 is 11.9. The summed E-state index contributed by atoms with van der Waals surface area (Å²) in [6, 6.07) is 21.2. The SMILES string of the molecule is CCCCCc1ccc2[nH]c3nc(Cl)ccc3c2c1.Clc1ccc2c(n1)[nH]c1ccc(CCC3CCCCC3)cc12. The number of hydrogen-bond acceptors (Lipinski definition) is 2. The van der Waals surface area contributed by atoms with Gasteiger partial charge in [0.15, 0.2) is 0 Å². The molecule has 0 aliphatic heterocycles. The number of nitrogens with zero attached hydrogens (tertiary/aromatic N) is 2. The van der Waals surface area contributed by atoms with E-state index >= 15 is 0 Å². The van der Waals surface area contributed by atoms with Crippen molar-refractivity contribution in [2.45, 2.75) is 77.6 Å². The number of aromatic nitrogens is 4. The molecule has 4 aromatic heterocycles. The molecule has 1 fully saturated rings. The van der Waals surface area contributed by atoms with Crippen LogP contribution in [-0.4, -0.2) is 19.9 Å². The van der Waals surface area contributed by atoms with Crippen LogP contribution in [0, 0.1) is 5.92 Å². The summed E-state index contributed by atoms with van der Waals surface area (Å²) in [5, 5.41) is 5.89. The molecular weight excluding hydrogens is 547 g/mol. The fourth-order valence-corrected chi connectivity index (χ4v) is 6.63. The molecule has 0 spiro atoms. The predicted molar refractivity (Wildman–Crippen MR) is 175 cm³/mol. The Morgan fingerprint density at radius 1 is 0.659 bits per heavy atom. The van der Waals surface area contributed by atoms with Gasteiger partial charge in [0.05, 0.1) is 0 Å². The van der Waals surface area contributed by atoms with Crippen molar-refractivity contribution in [3.05, 3.63) is 82.1 Å². The van der Waals surface area contributed by atoms with Crippen LogP contribution in [0.4, 0.5) is 0 Å². The number of pyridine rings is 2. The molecule has 6 heteroatoms. The van der Waals surface area contributed by atoms with E-state index in [1.807, 2.05) is 18.2 Å². The lowest BCUT2D eigenvalue weighted by molar-refractivity contribution is 0.339. The maximum absolute atomic E-state index is 5.98. The van der Waals surface area contributed by atoms with Crippen LogP contribution in [0.5, 0.6) is 0 Å². The van der Waals surface area contributed by atoms with Crippen LogP contribution in [0.25, 0.3) is 43.9 Å². The van der Waals surface area contributed by atoms with E-state index in [1.54, 1.807) is 0 Å². The van der Waals surface area contributed by atoms with E-state index in [9.17, 15) is 0 Å². The molecule has 2 aromatic carbocycles. The van der Waals surface area contributed by atoms with E-state index in [0.29, 0.717) is 10.3 Å². The van der Waals surface area contributed by atoms with Crippen LogP contribution < -0.4 is 0 Å². The van der Waals surface area contributed by atoms with Crippen LogP contribution in [0.15, 0.2) is 60.7 Å². The molecule has 0 atom stereocenters. The molecule has 212 valence electrons. The number of aryl methyl sites for hydroxylation is 2. The first-order valence-corrected chi connectivity index (χ1v) is 16.0. The number of fused-ring (bicyclic) bond motifs is 6. The van der Waals surface area contributed by atoms with Gasteiger partial charge >= 0.3 is 0 Å². The lowest BCUT2D eigenvalue weighted by Gasteiger charge is -2.21. The van der Waals surface area contributed by atoms with Gasteiger partial charge in [-0.1, -0.05) is 87.2 Å². The van der Waals surface area contributed by atoms with E-state index in [-0.39, 0.29) is 0 Å². The van der Waals surface area contributed by atoms with Gasteiger partial charge in [-0.2, -0.15) is 0 Å². The lowest BCUT2D eigenvalue weighted by atomic mass is 9.85. The molecule has 2 N–H and O–H groups in total. The van der Waals surface area contributed by atoms with Crippen LogP contribution in [0.3, 0.4) is 0 Å². The molecule has 0 saturated heterocycles. The molecule has 0 bridgehead atoms. The largest absolute Gasteiger partial charge is 0.339 e. The van der Waals surface area contributed by atoms with Crippen molar-refractivity contribution in [2.24, 2.45) is 5.92 Å². The van der Waals surface area contributed by atoms with E-state index in [1.165, 1.54) is 91.5 Å². The first kappa shape index (κ1) is 28.1. The maximum Gasteiger partial charge on any atom is 0.140 e. The third-order valence-corrected chi connectivity index (χ3v) is 9.03. The van der Waals surface area contributed by atoms with Crippen molar-refractivity contribution >= 4 is 67.1 Å². The van der Waals surface area contributed by atoms with Gasteiger partial charge in [-0.15, -0.1) is 0 Å². The van der Waals surface area contributed by atoms with Crippen molar-refractivity contribution in [3.63, 3.8) is 0 Å². The van der Waals surface area contributed by atoms with Crippen molar-refractivity contribution in [2.75, 3.05) is 0 Å². The minimum absolute atomic E-state index is 0.530. The van der Waals surface area contributed by atoms with E-state index in [2.05, 4.69) is 69.3 Å². The van der Waals surface area contributed by atoms with Gasteiger partial charge in [-0.05, 0) is 91.3 Å². The van der Waals surface area contributed by atoms with Crippen molar-refractivity contribution < 1.29 is 0 Å². The molecule has 1 aliphatic rings. The number of hydrogen-bond donors (Lipinski definition) is 2. The number of halogens is 2. The molecule has 0 unspecified atom stereocenters. The fourth-order valence-electron chi connectivity index (χ4n) is 6.33. The molecule has 1 saturated carbocycles. The van der Waals surface area contributed by atoms with Crippen LogP contribution in [0.1, 0.15) is 75.8 Å². The second-order valence-electron chi connectivity index (χ2n) is 11.6. The Morgan fingerprint density at radius 2 is 1.22 bits per heavy atom. The maximum atomic E-state index is 5.98. The van der Waals surface area contributed by atoms with E-state index in [0.717, 1.165) is 40.1 Å². The smallest absolute Gasteiger partial charge is 0.140 e. The van der Waals surface area contributed by atoms with E-state index in [4.69, 9.17) is 23.2 Å². The first-order chi connectivity index (χ1) is 20.1. The molecule has 41 heavy (non-hydrogen) atoms. The number of H-pyrrole nitrogens is 2. The Hall–Kier alpha value is -3.08. The average Bonchev–Trinajstić information content (AvgIpc) is 3.53. The molecule has 0 radical (unpaired) electrons. The molecule has 0 amide bonds. The Kier molecular flexibility index (Phi) is 8.78. The van der Waals surface area contributed by atoms with E-state index < -0.39 is 0 Å². The summed E-state index contributed by atoms with van der Waals surface area (Å²) in [6.45, 7) is 2.23. The number of nitrogens with one attached hydrogen (secondary N) is 2. The second kappa shape index (κ2) is 12.8. The summed E-state index contributed by atoms with van der Waals surface area (Å²) in [4.78, 5) is 15.4. The monoisotopic (exact) mass is 584 g/mol. The molecule has 4 nitrogen and oxygen atoms in total. The molecule has 6 aromatic rings. The highest BCUT2D eigenvalue weighted by Crippen LogP contribution is 2.30. The summed E-state index contributed by atoms with van der Waals surface area (Å²) in [5.41, 5.74) is 6.86. The standard InChI is InChI=1S/C19H21ClN2.C16H17ClN2/c20-18-11-9-15-16-12-14(7-6-13-4-2-1-3-5-13)8-10-17(16)21-19(15)22-18;1-2-3-4-5-11-6-8-14-13(10-11)12-7-9-15(17)19-16(12)18-14/h8-13H,1-7H2,(H,21,22);6-10H,2-5H2,1H3,(H,18,19). The van der Waals surface area contributed by atoms with Crippen LogP contribution >= 0.6 is 23.2 Å². The van der Waals surface area contributed by atoms with Crippen LogP contribution in [0.2, 0.25) is 10.3 Å². The van der Waals surface area contributed by atoms with Crippen molar-refractivity contribution in [3.8, 4) is 0 Å². The van der Waals surface area contributed by atoms with Gasteiger partial charge in [0.25, 0.3) is 0 Å². The van der Waals surface area contributed by atoms with Crippen LogP contribution in [-0.2, 0) is 12.8 Å². The minimum atomic E-state index is 0.530. The Morgan fingerprint density at radius 3 is 1.78 bits per heavy atom. The first-order valence-electron chi connectivity index (χ1n) is 15.2. The molecular formula is C35H38Cl2N4. The Balaban J connectivity index is 0.000000149. The van der Waals surface area contributed by atoms with Gasteiger partial charge in [-0.25, -0.2) is 9.97 Å². The van der Waals surface area contributed by atoms with Crippen molar-refractivity contribution in [1.29, 1.82) is 0 Å². The second-order valence-corrected chi connectivity index (χ2v) is 12.3. The predicted octanol–water partition coefficient (Wildman–Crippen LogP) is 11.0. The lowest BCUT2D eigenvalue weighted by Crippen LogP contribution is -2.07. The highest BCUT2D eigenvalue weighted by molar-refractivity contribution is 6.30. The third kappa shape index (κ3) is 6.55. The number of aromatic amines is 2. The zero-order chi connectivity index (χ0) is 28.2. The van der Waals surface area contributed by atoms with Gasteiger partial charge in [0.1, 0.15) is 21.6 Å². The highest BCUT2D eigenvalue weighted by Gasteiger charge is 2.14. The Bertz CT molecular complexity index is 1780. The quantitative estimate of drug-likeness (QED) is 0.145. The van der Waals surface area contributed by atoms with Gasteiger partial charge in [0.2, 0.25) is 0 Å². The number of unbranched alkanes of at least 4 members (excludes halogenated alkanes) is 2. The minimum Gasteiger partial charge on any atom is -0.339 e. The summed E-state index contributed by atoms with van der Waals surface area (Å²) in [7, 11) is 0. The summed E-state index contributed by atoms with van der Waals surface area (Å²) in [5.74, 6) is 0.938. The summed E-state index contributed by atoms with van der Waals surface area (Å²) in [6.07, 6.45) is 14.6. The van der Waals surface area contributed by atoms with Gasteiger partial charge in [-0.3, -0.25) is 0 Å². The molecule has 4 heterocycles. The third-order valence-electron chi connectivity index (χ3n) is 8.61. The topological polar surface area (TPSA) is 57.4 Å². The van der Waals surface area contributed by atoms with Crippen molar-refractivity contribution in [1.82, 2.24) is 19.9 Å². The molecule has 1 aliphatic carbocycles. The highest BCUT2D eigenvalue weighted by atomic mass is 35.5. The van der Waals surface area contributed by atoms with Gasteiger partial charge < -0.3 is 9.97 Å². The number of rotatable bonds is 7. The fraction of sp³-hybridized carbons (Fsp3) is 0.371. The van der Waals surface area contributed by atoms with Gasteiger partial charge in [0, 0.05) is 32.6 Å². The average molecular weight is 586 g/mol. The zero-order valence-electron chi connectivity index (χ0n) is 23.8. The summed E-state index contributed by atoms with van der Waals surface area (Å²) < 4.78 is 0. The normalized spacial score (nSPS) is 14.2. The molecule has 7 rings (SSSR count). The zero-order valence-corrected chi connectivity index (χ0v) is 25.3.